The number of aromatic nitrogens is 4. The lowest BCUT2D eigenvalue weighted by molar-refractivity contribution is -0.641. The number of fused-ring (bicyclic) bond motifs is 7. The van der Waals surface area contributed by atoms with Gasteiger partial charge in [-0.15, -0.1) is 0 Å². The molecule has 5 heterocycles. The van der Waals surface area contributed by atoms with Gasteiger partial charge in [-0.2, -0.15) is 4.57 Å². The molecule has 0 aromatic carbocycles. The van der Waals surface area contributed by atoms with E-state index >= 15 is 0 Å². The van der Waals surface area contributed by atoms with Crippen LogP contribution in [0.15, 0.2) is 36.7 Å². The minimum absolute atomic E-state index is 0.646. The molecule has 0 fully saturated rings. The highest BCUT2D eigenvalue weighted by molar-refractivity contribution is 7.21. The van der Waals surface area contributed by atoms with Crippen LogP contribution >= 0.6 is 11.3 Å². The molecule has 5 rings (SSSR count). The van der Waals surface area contributed by atoms with Gasteiger partial charge in [0.25, 0.3) is 10.5 Å². The van der Waals surface area contributed by atoms with Crippen LogP contribution in [-0.4, -0.2) is 14.5 Å². The molecule has 4 aromatic rings. The zero-order chi connectivity index (χ0) is 15.8. The van der Waals surface area contributed by atoms with Gasteiger partial charge in [0.15, 0.2) is 16.9 Å². The van der Waals surface area contributed by atoms with Gasteiger partial charge < -0.3 is 4.57 Å². The number of hydrogen-bond acceptors (Lipinski definition) is 3. The van der Waals surface area contributed by atoms with Gasteiger partial charge in [-0.1, -0.05) is 0 Å². The van der Waals surface area contributed by atoms with E-state index in [0.717, 1.165) is 32.1 Å². The predicted molar refractivity (Wildman–Crippen MR) is 78.6 cm³/mol. The summed E-state index contributed by atoms with van der Waals surface area (Å²) in [6, 6.07) is 7.53. The Kier molecular flexibility index (Phi) is 1.39. The second-order valence-corrected chi connectivity index (χ2v) is 5.83. The highest BCUT2D eigenvalue weighted by atomic mass is 32.1. The van der Waals surface area contributed by atoms with Crippen molar-refractivity contribution in [3.8, 4) is 10.6 Å². The zero-order valence-corrected chi connectivity index (χ0v) is 11.2. The van der Waals surface area contributed by atoms with Crippen LogP contribution in [-0.2, 0) is 13.5 Å². The van der Waals surface area contributed by atoms with Crippen LogP contribution in [0.5, 0.6) is 0 Å². The topological polar surface area (TPSA) is 34.6 Å². The first-order chi connectivity index (χ1) is 11.1. The van der Waals surface area contributed by atoms with E-state index < -0.39 is 6.98 Å². The highest BCUT2D eigenvalue weighted by Crippen LogP contribution is 2.37. The Morgan fingerprint density at radius 3 is 3.15 bits per heavy atom. The molecule has 0 atom stereocenters. The monoisotopic (exact) mass is 282 g/mol. The van der Waals surface area contributed by atoms with E-state index in [2.05, 4.69) is 14.5 Å². The summed E-state index contributed by atoms with van der Waals surface area (Å²) in [6.07, 6.45) is 3.49. The predicted octanol–water partition coefficient (Wildman–Crippen LogP) is 2.50. The van der Waals surface area contributed by atoms with Crippen molar-refractivity contribution in [3.05, 3.63) is 42.4 Å². The SMILES string of the molecule is [2H]C([2H])([2H])n1c2cccnc2c2c1sc1[n+]2Cc2ncccc2-1. The summed E-state index contributed by atoms with van der Waals surface area (Å²) in [5.74, 6) is 0. The maximum atomic E-state index is 7.91. The standard InChI is InChI=1S/C15H11N4S/c1-18-11-5-3-7-17-12(11)13-15(18)20-14-9-4-2-6-16-10(9)8-19(13)14/h2-7H,8H2,1H3/q+1/i1D3. The molecule has 0 amide bonds. The van der Waals surface area contributed by atoms with E-state index in [9.17, 15) is 0 Å². The minimum atomic E-state index is -2.24. The van der Waals surface area contributed by atoms with Gasteiger partial charge in [0, 0.05) is 23.5 Å². The molecule has 0 N–H and O–H groups in total. The Hall–Kier alpha value is -2.27. The van der Waals surface area contributed by atoms with Crippen molar-refractivity contribution < 1.29 is 8.68 Å². The van der Waals surface area contributed by atoms with E-state index in [0.29, 0.717) is 12.1 Å². The Labute approximate surface area is 123 Å². The fourth-order valence-electron chi connectivity index (χ4n) is 2.92. The average molecular weight is 282 g/mol. The van der Waals surface area contributed by atoms with Crippen molar-refractivity contribution >= 4 is 32.7 Å². The molecule has 0 spiro atoms. The van der Waals surface area contributed by atoms with Gasteiger partial charge in [-0.25, -0.2) is 4.98 Å². The summed E-state index contributed by atoms with van der Waals surface area (Å²) in [5.41, 5.74) is 4.36. The molecule has 0 saturated carbocycles. The first-order valence-electron chi connectivity index (χ1n) is 7.82. The van der Waals surface area contributed by atoms with E-state index in [1.165, 1.54) is 15.9 Å². The number of nitrogens with zero attached hydrogens (tertiary/aromatic N) is 4. The quantitative estimate of drug-likeness (QED) is 0.409. The summed E-state index contributed by atoms with van der Waals surface area (Å²) in [4.78, 5) is 9.63. The molecule has 0 radical (unpaired) electrons. The highest BCUT2D eigenvalue weighted by Gasteiger charge is 2.35. The summed E-state index contributed by atoms with van der Waals surface area (Å²) < 4.78 is 27.3. The van der Waals surface area contributed by atoms with Crippen LogP contribution in [0, 0.1) is 0 Å². The molecule has 5 heteroatoms. The smallest absolute Gasteiger partial charge is 0.274 e. The number of thiazole rings is 1. The van der Waals surface area contributed by atoms with Crippen LogP contribution in [0.25, 0.3) is 32.0 Å². The summed E-state index contributed by atoms with van der Waals surface area (Å²) in [5, 5.41) is 1.05. The van der Waals surface area contributed by atoms with E-state index in [4.69, 9.17) is 4.11 Å². The van der Waals surface area contributed by atoms with Crippen molar-refractivity contribution in [1.29, 1.82) is 0 Å². The molecule has 1 aliphatic heterocycles. The van der Waals surface area contributed by atoms with E-state index in [-0.39, 0.29) is 0 Å². The van der Waals surface area contributed by atoms with E-state index in [1.54, 1.807) is 18.5 Å². The van der Waals surface area contributed by atoms with Gasteiger partial charge in [-0.05, 0) is 35.6 Å². The van der Waals surface area contributed by atoms with Gasteiger partial charge in [0.1, 0.15) is 5.69 Å². The number of pyridine rings is 2. The fraction of sp³-hybridized carbons (Fsp3) is 0.133. The van der Waals surface area contributed by atoms with Crippen molar-refractivity contribution in [2.75, 3.05) is 0 Å². The van der Waals surface area contributed by atoms with Crippen LogP contribution in [0.4, 0.5) is 0 Å². The van der Waals surface area contributed by atoms with Crippen LogP contribution < -0.4 is 4.57 Å². The minimum Gasteiger partial charge on any atom is -0.329 e. The Morgan fingerprint density at radius 2 is 2.20 bits per heavy atom. The molecule has 20 heavy (non-hydrogen) atoms. The molecule has 0 bridgehead atoms. The molecule has 0 saturated heterocycles. The van der Waals surface area contributed by atoms with Gasteiger partial charge in [0.2, 0.25) is 0 Å². The van der Waals surface area contributed by atoms with Crippen LogP contribution in [0.3, 0.4) is 0 Å². The summed E-state index contributed by atoms with van der Waals surface area (Å²) in [7, 11) is 0. The number of rotatable bonds is 0. The Bertz CT molecular complexity index is 1090. The number of aryl methyl sites for hydroxylation is 1. The fourth-order valence-corrected chi connectivity index (χ4v) is 4.16. The normalized spacial score (nSPS) is 15.9. The zero-order valence-electron chi connectivity index (χ0n) is 13.4. The maximum Gasteiger partial charge on any atom is 0.274 e. The van der Waals surface area contributed by atoms with Crippen molar-refractivity contribution in [2.45, 2.75) is 6.54 Å². The van der Waals surface area contributed by atoms with Crippen molar-refractivity contribution in [1.82, 2.24) is 14.5 Å². The van der Waals surface area contributed by atoms with Gasteiger partial charge in [-0.3, -0.25) is 4.98 Å². The Balaban J connectivity index is 1.96. The summed E-state index contributed by atoms with van der Waals surface area (Å²) >= 11 is 1.49. The molecule has 4 nitrogen and oxygen atoms in total. The maximum absolute atomic E-state index is 7.91. The average Bonchev–Trinajstić information content (AvgIpc) is 3.12. The summed E-state index contributed by atoms with van der Waals surface area (Å²) in [6.45, 7) is -1.58. The molecule has 96 valence electrons. The third-order valence-electron chi connectivity index (χ3n) is 3.79. The van der Waals surface area contributed by atoms with Crippen molar-refractivity contribution in [3.63, 3.8) is 0 Å². The largest absolute Gasteiger partial charge is 0.329 e. The van der Waals surface area contributed by atoms with Crippen molar-refractivity contribution in [2.24, 2.45) is 6.98 Å². The van der Waals surface area contributed by atoms with E-state index in [1.807, 2.05) is 18.2 Å². The second-order valence-electron chi connectivity index (χ2n) is 4.85. The third kappa shape index (κ3) is 1.10. The van der Waals surface area contributed by atoms with Gasteiger partial charge in [0.05, 0.1) is 11.1 Å². The molecular formula is C15H11N4S+. The first kappa shape index (κ1) is 8.11. The number of hydrogen-bond donors (Lipinski definition) is 0. The molecule has 4 aromatic heterocycles. The van der Waals surface area contributed by atoms with Gasteiger partial charge >= 0.3 is 0 Å². The molecule has 0 aliphatic carbocycles. The molecule has 0 unspecified atom stereocenters. The van der Waals surface area contributed by atoms with Crippen LogP contribution in [0.2, 0.25) is 0 Å². The molecular weight excluding hydrogens is 268 g/mol. The lowest BCUT2D eigenvalue weighted by atomic mass is 10.2. The molecule has 1 aliphatic rings. The van der Waals surface area contributed by atoms with Crippen LogP contribution in [0.1, 0.15) is 9.81 Å². The Morgan fingerprint density at radius 1 is 1.30 bits per heavy atom. The second kappa shape index (κ2) is 3.43. The third-order valence-corrected chi connectivity index (χ3v) is 5.00. The first-order valence-corrected chi connectivity index (χ1v) is 7.14. The lowest BCUT2D eigenvalue weighted by Gasteiger charge is -1.93. The lowest BCUT2D eigenvalue weighted by Crippen LogP contribution is -2.30.